The highest BCUT2D eigenvalue weighted by atomic mass is 16.5. The molecule has 42 heavy (non-hydrogen) atoms. The highest BCUT2D eigenvalue weighted by Crippen LogP contribution is 2.40. The SMILES string of the molecule is C=C(C)C(=O)OCC(=O)NC(C)(C)COCC(CC)(CC(C)C)CC(C)(C)OCC(C)(C)NC(=O)COC(=O)C(=C)C. The Balaban J connectivity index is 5.21. The molecule has 0 saturated carbocycles. The molecule has 2 amide bonds. The van der Waals surface area contributed by atoms with Gasteiger partial charge in [0.1, 0.15) is 0 Å². The van der Waals surface area contributed by atoms with Gasteiger partial charge in [0, 0.05) is 11.1 Å². The number of nitrogens with one attached hydrogen (secondary N) is 2. The molecule has 0 heterocycles. The van der Waals surface area contributed by atoms with E-state index in [9.17, 15) is 19.2 Å². The minimum Gasteiger partial charge on any atom is -0.452 e. The molecule has 2 N–H and O–H groups in total. The number of carbonyl (C=O) groups excluding carboxylic acids is 4. The minimum atomic E-state index is -0.700. The Hall–Kier alpha value is -2.72. The highest BCUT2D eigenvalue weighted by Gasteiger charge is 2.38. The van der Waals surface area contributed by atoms with Crippen molar-refractivity contribution in [3.05, 3.63) is 24.3 Å². The van der Waals surface area contributed by atoms with Gasteiger partial charge in [-0.2, -0.15) is 0 Å². The van der Waals surface area contributed by atoms with Gasteiger partial charge >= 0.3 is 11.9 Å². The van der Waals surface area contributed by atoms with E-state index in [4.69, 9.17) is 18.9 Å². The Morgan fingerprint density at radius 2 is 1.17 bits per heavy atom. The summed E-state index contributed by atoms with van der Waals surface area (Å²) in [5, 5.41) is 5.71. The van der Waals surface area contributed by atoms with Crippen LogP contribution in [-0.4, -0.2) is 73.5 Å². The molecular formula is C32H56N2O8. The molecule has 242 valence electrons. The van der Waals surface area contributed by atoms with Crippen LogP contribution < -0.4 is 10.6 Å². The average Bonchev–Trinajstić information content (AvgIpc) is 2.83. The van der Waals surface area contributed by atoms with Crippen molar-refractivity contribution in [3.63, 3.8) is 0 Å². The molecule has 0 aromatic rings. The molecule has 0 radical (unpaired) electrons. The van der Waals surface area contributed by atoms with Crippen LogP contribution in [0.15, 0.2) is 24.3 Å². The summed E-state index contributed by atoms with van der Waals surface area (Å²) in [5.74, 6) is -1.65. The van der Waals surface area contributed by atoms with E-state index < -0.39 is 40.4 Å². The van der Waals surface area contributed by atoms with E-state index in [-0.39, 0.29) is 43.0 Å². The van der Waals surface area contributed by atoms with Crippen molar-refractivity contribution in [2.75, 3.05) is 33.0 Å². The molecule has 10 heteroatoms. The van der Waals surface area contributed by atoms with Crippen molar-refractivity contribution in [2.45, 2.75) is 112 Å². The lowest BCUT2D eigenvalue weighted by Gasteiger charge is -2.42. The summed E-state index contributed by atoms with van der Waals surface area (Å²) in [7, 11) is 0. The molecule has 0 fully saturated rings. The average molecular weight is 597 g/mol. The lowest BCUT2D eigenvalue weighted by molar-refractivity contribution is -0.146. The van der Waals surface area contributed by atoms with Crippen LogP contribution in [0.2, 0.25) is 0 Å². The molecule has 0 spiro atoms. The topological polar surface area (TPSA) is 129 Å². The molecular weight excluding hydrogens is 540 g/mol. The number of amides is 2. The van der Waals surface area contributed by atoms with Gasteiger partial charge in [-0.1, -0.05) is 33.9 Å². The molecule has 0 bridgehead atoms. The molecule has 0 aromatic carbocycles. The minimum absolute atomic E-state index is 0.196. The van der Waals surface area contributed by atoms with Crippen molar-refractivity contribution in [3.8, 4) is 0 Å². The van der Waals surface area contributed by atoms with Crippen molar-refractivity contribution < 1.29 is 38.1 Å². The van der Waals surface area contributed by atoms with E-state index in [2.05, 4.69) is 44.6 Å². The van der Waals surface area contributed by atoms with Gasteiger partial charge in [0.25, 0.3) is 11.8 Å². The van der Waals surface area contributed by atoms with E-state index in [1.807, 2.05) is 41.5 Å². The fourth-order valence-electron chi connectivity index (χ4n) is 4.68. The van der Waals surface area contributed by atoms with Crippen LogP contribution in [-0.2, 0) is 38.1 Å². The van der Waals surface area contributed by atoms with Crippen LogP contribution in [0.5, 0.6) is 0 Å². The van der Waals surface area contributed by atoms with Crippen molar-refractivity contribution in [2.24, 2.45) is 11.3 Å². The van der Waals surface area contributed by atoms with Crippen LogP contribution in [0, 0.1) is 11.3 Å². The highest BCUT2D eigenvalue weighted by molar-refractivity contribution is 5.90. The van der Waals surface area contributed by atoms with Crippen molar-refractivity contribution in [1.82, 2.24) is 10.6 Å². The van der Waals surface area contributed by atoms with E-state index in [0.717, 1.165) is 12.8 Å². The molecule has 0 saturated heterocycles. The first-order chi connectivity index (χ1) is 19.0. The third-order valence-corrected chi connectivity index (χ3v) is 6.41. The predicted molar refractivity (Wildman–Crippen MR) is 164 cm³/mol. The van der Waals surface area contributed by atoms with Gasteiger partial charge in [-0.15, -0.1) is 0 Å². The standard InChI is InChI=1S/C32H56N2O8/c1-14-32(15-22(2)3,21-39-19-29(8,9)33-25(35)16-40-27(37)23(4)5)18-31(12,13)42-20-30(10,11)34-26(36)17-41-28(38)24(6)7/h22H,4,6,14-21H2,1-3,5,7-13H3,(H,33,35)(H,34,36). The first kappa shape index (κ1) is 39.3. The predicted octanol–water partition coefficient (Wildman–Crippen LogP) is 4.66. The Bertz CT molecular complexity index is 968. The Morgan fingerprint density at radius 3 is 1.55 bits per heavy atom. The van der Waals surface area contributed by atoms with E-state index in [1.165, 1.54) is 13.8 Å². The van der Waals surface area contributed by atoms with Gasteiger partial charge in [-0.3, -0.25) is 9.59 Å². The largest absolute Gasteiger partial charge is 0.452 e. The van der Waals surface area contributed by atoms with Gasteiger partial charge in [0.15, 0.2) is 13.2 Å². The summed E-state index contributed by atoms with van der Waals surface area (Å²) in [6.07, 6.45) is 2.47. The quantitative estimate of drug-likeness (QED) is 0.153. The molecule has 0 aliphatic rings. The number of esters is 2. The Morgan fingerprint density at radius 1 is 0.738 bits per heavy atom. The van der Waals surface area contributed by atoms with Gasteiger partial charge in [-0.05, 0) is 86.0 Å². The monoisotopic (exact) mass is 596 g/mol. The van der Waals surface area contributed by atoms with Gasteiger partial charge in [0.05, 0.1) is 36.5 Å². The smallest absolute Gasteiger partial charge is 0.333 e. The molecule has 0 aliphatic heterocycles. The number of hydrogen-bond donors (Lipinski definition) is 2. The maximum Gasteiger partial charge on any atom is 0.333 e. The fourth-order valence-corrected chi connectivity index (χ4v) is 4.68. The molecule has 1 unspecified atom stereocenters. The van der Waals surface area contributed by atoms with Gasteiger partial charge < -0.3 is 29.6 Å². The Kier molecular flexibility index (Phi) is 15.7. The summed E-state index contributed by atoms with van der Waals surface area (Å²) in [4.78, 5) is 47.8. The lowest BCUT2D eigenvalue weighted by Crippen LogP contribution is -2.51. The first-order valence-electron chi connectivity index (χ1n) is 14.5. The summed E-state index contributed by atoms with van der Waals surface area (Å²) in [6, 6.07) is 0. The normalized spacial score (nSPS) is 13.6. The second-order valence-corrected chi connectivity index (χ2v) is 13.7. The number of ether oxygens (including phenoxy) is 4. The zero-order valence-corrected chi connectivity index (χ0v) is 27.9. The molecule has 0 rings (SSSR count). The van der Waals surface area contributed by atoms with Crippen LogP contribution >= 0.6 is 0 Å². The van der Waals surface area contributed by atoms with E-state index in [1.54, 1.807) is 0 Å². The van der Waals surface area contributed by atoms with E-state index >= 15 is 0 Å². The zero-order valence-electron chi connectivity index (χ0n) is 27.9. The summed E-state index contributed by atoms with van der Waals surface area (Å²) >= 11 is 0. The summed E-state index contributed by atoms with van der Waals surface area (Å²) in [5.41, 5.74) is -1.66. The third-order valence-electron chi connectivity index (χ3n) is 6.41. The second-order valence-electron chi connectivity index (χ2n) is 13.7. The molecule has 0 aromatic heterocycles. The lowest BCUT2D eigenvalue weighted by atomic mass is 9.71. The first-order valence-corrected chi connectivity index (χ1v) is 14.5. The molecule has 0 aliphatic carbocycles. The van der Waals surface area contributed by atoms with E-state index in [0.29, 0.717) is 18.9 Å². The number of hydrogen-bond acceptors (Lipinski definition) is 8. The number of rotatable bonds is 20. The molecule has 10 nitrogen and oxygen atoms in total. The zero-order chi connectivity index (χ0) is 32.9. The second kappa shape index (κ2) is 16.8. The van der Waals surface area contributed by atoms with Gasteiger partial charge in [0.2, 0.25) is 0 Å². The molecule has 1 atom stereocenters. The Labute approximate surface area is 253 Å². The third kappa shape index (κ3) is 16.7. The van der Waals surface area contributed by atoms with Gasteiger partial charge in [-0.25, -0.2) is 9.59 Å². The fraction of sp³-hybridized carbons (Fsp3) is 0.750. The van der Waals surface area contributed by atoms with Crippen LogP contribution in [0.4, 0.5) is 0 Å². The van der Waals surface area contributed by atoms with Crippen LogP contribution in [0.25, 0.3) is 0 Å². The maximum atomic E-state index is 12.3. The van der Waals surface area contributed by atoms with Crippen molar-refractivity contribution in [1.29, 1.82) is 0 Å². The maximum absolute atomic E-state index is 12.3. The van der Waals surface area contributed by atoms with Crippen molar-refractivity contribution >= 4 is 23.8 Å². The van der Waals surface area contributed by atoms with Crippen LogP contribution in [0.1, 0.15) is 95.4 Å². The summed E-state index contributed by atoms with van der Waals surface area (Å²) < 4.78 is 22.5. The summed E-state index contributed by atoms with van der Waals surface area (Å²) in [6.45, 7) is 28.2. The van der Waals surface area contributed by atoms with Crippen LogP contribution in [0.3, 0.4) is 0 Å². The number of carbonyl (C=O) groups is 4.